The lowest BCUT2D eigenvalue weighted by Crippen LogP contribution is -2.29. The highest BCUT2D eigenvalue weighted by atomic mass is 16.4. The minimum atomic E-state index is -1.35. The van der Waals surface area contributed by atoms with Crippen molar-refractivity contribution in [2.24, 2.45) is 0 Å². The number of para-hydroxylation sites is 1. The zero-order valence-corrected chi connectivity index (χ0v) is 11.2. The topological polar surface area (TPSA) is 70.0 Å². The molecule has 19 heavy (non-hydrogen) atoms. The molecule has 0 aliphatic rings. The number of carboxylic acid groups (broad SMARTS) is 1. The summed E-state index contributed by atoms with van der Waals surface area (Å²) in [5.74, 6) is 0.385. The normalized spacial score (nSPS) is 11.3. The first-order valence-electron chi connectivity index (χ1n) is 6.02. The number of nitrogens with one attached hydrogen (secondary N) is 1. The van der Waals surface area contributed by atoms with Crippen molar-refractivity contribution in [1.29, 1.82) is 0 Å². The third kappa shape index (κ3) is 2.93. The number of anilines is 1. The monoisotopic (exact) mass is 258 g/mol. The summed E-state index contributed by atoms with van der Waals surface area (Å²) in [6.07, 6.45) is -1.35. The fraction of sp³-hybridized carbons (Fsp3) is 0.286. The number of benzene rings is 1. The molecule has 0 aliphatic heterocycles. The van der Waals surface area contributed by atoms with Crippen molar-refractivity contribution in [2.75, 3.05) is 5.32 Å². The van der Waals surface area contributed by atoms with Crippen LogP contribution in [0, 0.1) is 0 Å². The first kappa shape index (κ1) is 13.1. The van der Waals surface area contributed by atoms with Gasteiger partial charge in [-0.05, 0) is 12.1 Å². The van der Waals surface area contributed by atoms with E-state index in [2.05, 4.69) is 10.4 Å². The molecule has 0 unspecified atom stereocenters. The van der Waals surface area contributed by atoms with E-state index in [4.69, 9.17) is 0 Å². The van der Waals surface area contributed by atoms with Crippen LogP contribution in [0.2, 0.25) is 0 Å². The van der Waals surface area contributed by atoms with E-state index in [0.29, 0.717) is 5.82 Å². The molecular weight excluding hydrogens is 242 g/mol. The van der Waals surface area contributed by atoms with Gasteiger partial charge in [0.15, 0.2) is 0 Å². The van der Waals surface area contributed by atoms with E-state index in [1.165, 1.54) is 0 Å². The number of aromatic nitrogens is 2. The maximum absolute atomic E-state index is 10.7. The second-order valence-corrected chi connectivity index (χ2v) is 5.32. The van der Waals surface area contributed by atoms with Gasteiger partial charge in [0.25, 0.3) is 0 Å². The van der Waals surface area contributed by atoms with Gasteiger partial charge in [0, 0.05) is 11.5 Å². The van der Waals surface area contributed by atoms with Gasteiger partial charge in [-0.1, -0.05) is 39.0 Å². The number of carbonyl (C=O) groups excluding carboxylic acids is 1. The predicted octanol–water partition coefficient (Wildman–Crippen LogP) is 1.92. The second-order valence-electron chi connectivity index (χ2n) is 5.32. The fourth-order valence-electron chi connectivity index (χ4n) is 1.71. The molecule has 1 aromatic heterocycles. The molecule has 1 aromatic carbocycles. The molecule has 0 spiro atoms. The zero-order valence-electron chi connectivity index (χ0n) is 11.2. The Kier molecular flexibility index (Phi) is 3.29. The lowest BCUT2D eigenvalue weighted by atomic mass is 9.92. The van der Waals surface area contributed by atoms with E-state index in [1.807, 2.05) is 51.1 Å². The van der Waals surface area contributed by atoms with Gasteiger partial charge in [0.05, 0.1) is 11.4 Å². The van der Waals surface area contributed by atoms with Gasteiger partial charge in [-0.3, -0.25) is 0 Å². The Morgan fingerprint density at radius 1 is 1.26 bits per heavy atom. The van der Waals surface area contributed by atoms with Gasteiger partial charge < -0.3 is 15.2 Å². The van der Waals surface area contributed by atoms with Gasteiger partial charge in [-0.15, -0.1) is 0 Å². The van der Waals surface area contributed by atoms with Crippen LogP contribution in [0.5, 0.6) is 0 Å². The summed E-state index contributed by atoms with van der Waals surface area (Å²) >= 11 is 0. The molecule has 1 heterocycles. The molecule has 1 N–H and O–H groups in total. The molecule has 5 heteroatoms. The van der Waals surface area contributed by atoms with E-state index in [-0.39, 0.29) is 5.41 Å². The summed E-state index contributed by atoms with van der Waals surface area (Å²) < 4.78 is 1.57. The Balaban J connectivity index is 2.52. The average Bonchev–Trinajstić information content (AvgIpc) is 2.73. The minimum absolute atomic E-state index is 0.164. The Bertz CT molecular complexity index is 582. The number of hydrogen-bond acceptors (Lipinski definition) is 3. The van der Waals surface area contributed by atoms with E-state index < -0.39 is 6.09 Å². The Morgan fingerprint density at radius 2 is 1.89 bits per heavy atom. The average molecular weight is 258 g/mol. The quantitative estimate of drug-likeness (QED) is 0.894. The molecule has 5 nitrogen and oxygen atoms in total. The van der Waals surface area contributed by atoms with E-state index in [9.17, 15) is 9.90 Å². The predicted molar refractivity (Wildman–Crippen MR) is 71.3 cm³/mol. The van der Waals surface area contributed by atoms with Crippen molar-refractivity contribution >= 4 is 11.9 Å². The summed E-state index contributed by atoms with van der Waals surface area (Å²) in [6.45, 7) is 6.06. The van der Waals surface area contributed by atoms with Crippen molar-refractivity contribution in [3.8, 4) is 5.69 Å². The van der Waals surface area contributed by atoms with Crippen LogP contribution in [-0.4, -0.2) is 15.9 Å². The maximum atomic E-state index is 10.7. The van der Waals surface area contributed by atoms with Crippen molar-refractivity contribution in [1.82, 2.24) is 9.78 Å². The van der Waals surface area contributed by atoms with Crippen molar-refractivity contribution in [2.45, 2.75) is 26.2 Å². The van der Waals surface area contributed by atoms with Gasteiger partial charge in [0.1, 0.15) is 11.9 Å². The molecule has 0 atom stereocenters. The van der Waals surface area contributed by atoms with Crippen LogP contribution >= 0.6 is 0 Å². The van der Waals surface area contributed by atoms with Crippen LogP contribution in [0.3, 0.4) is 0 Å². The van der Waals surface area contributed by atoms with Crippen LogP contribution in [0.15, 0.2) is 36.4 Å². The Labute approximate surface area is 111 Å². The molecule has 0 bridgehead atoms. The largest absolute Gasteiger partial charge is 0.530 e. The van der Waals surface area contributed by atoms with E-state index in [1.54, 1.807) is 10.7 Å². The van der Waals surface area contributed by atoms with Crippen LogP contribution in [0.1, 0.15) is 26.5 Å². The Hall–Kier alpha value is -2.30. The highest BCUT2D eigenvalue weighted by Crippen LogP contribution is 2.26. The summed E-state index contributed by atoms with van der Waals surface area (Å²) in [4.78, 5) is 10.7. The molecule has 100 valence electrons. The van der Waals surface area contributed by atoms with Crippen LogP contribution in [0.4, 0.5) is 10.6 Å². The highest BCUT2D eigenvalue weighted by Gasteiger charge is 2.20. The summed E-state index contributed by atoms with van der Waals surface area (Å²) in [5, 5.41) is 17.5. The first-order valence-corrected chi connectivity index (χ1v) is 6.02. The molecule has 2 rings (SSSR count). The molecule has 0 saturated heterocycles. The number of carbonyl (C=O) groups is 1. The summed E-state index contributed by atoms with van der Waals surface area (Å²) in [7, 11) is 0. The first-order chi connectivity index (χ1) is 8.88. The molecule has 0 aliphatic carbocycles. The SMILES string of the molecule is CC(C)(C)c1cc(NC(=O)[O-])n(-c2ccccc2)n1. The van der Waals surface area contributed by atoms with Gasteiger partial charge in [-0.25, -0.2) is 4.68 Å². The van der Waals surface area contributed by atoms with Crippen molar-refractivity contribution in [3.63, 3.8) is 0 Å². The molecule has 0 radical (unpaired) electrons. The van der Waals surface area contributed by atoms with Crippen molar-refractivity contribution < 1.29 is 9.90 Å². The van der Waals surface area contributed by atoms with Gasteiger partial charge in [0.2, 0.25) is 0 Å². The summed E-state index contributed by atoms with van der Waals surface area (Å²) in [5.41, 5.74) is 1.43. The molecule has 0 fully saturated rings. The molecule has 2 aromatic rings. The van der Waals surface area contributed by atoms with Crippen LogP contribution in [0.25, 0.3) is 5.69 Å². The lowest BCUT2D eigenvalue weighted by Gasteiger charge is -2.14. The molecular formula is C14H16N3O2-. The minimum Gasteiger partial charge on any atom is -0.530 e. The third-order valence-electron chi connectivity index (χ3n) is 2.71. The zero-order chi connectivity index (χ0) is 14.0. The third-order valence-corrected chi connectivity index (χ3v) is 2.71. The number of hydrogen-bond donors (Lipinski definition) is 1. The number of amides is 1. The van der Waals surface area contributed by atoms with E-state index in [0.717, 1.165) is 11.4 Å². The fourth-order valence-corrected chi connectivity index (χ4v) is 1.71. The Morgan fingerprint density at radius 3 is 2.42 bits per heavy atom. The molecule has 1 amide bonds. The second kappa shape index (κ2) is 4.76. The van der Waals surface area contributed by atoms with E-state index >= 15 is 0 Å². The number of nitrogens with zero attached hydrogens (tertiary/aromatic N) is 2. The maximum Gasteiger partial charge on any atom is 0.140 e. The van der Waals surface area contributed by atoms with Crippen molar-refractivity contribution in [3.05, 3.63) is 42.1 Å². The highest BCUT2D eigenvalue weighted by molar-refractivity contribution is 5.80. The number of rotatable bonds is 2. The molecule has 0 saturated carbocycles. The standard InChI is InChI=1S/C14H17N3O2/c1-14(2,3)11-9-12(15-13(18)19)17(16-11)10-7-5-4-6-8-10/h4-9,15H,1-3H3,(H,18,19)/p-1. The van der Waals surface area contributed by atoms with Gasteiger partial charge >= 0.3 is 0 Å². The summed E-state index contributed by atoms with van der Waals surface area (Å²) in [6, 6.07) is 11.1. The van der Waals surface area contributed by atoms with Crippen LogP contribution in [-0.2, 0) is 5.41 Å². The van der Waals surface area contributed by atoms with Crippen LogP contribution < -0.4 is 10.4 Å². The van der Waals surface area contributed by atoms with Gasteiger partial charge in [-0.2, -0.15) is 5.10 Å². The lowest BCUT2D eigenvalue weighted by molar-refractivity contribution is -0.242. The smallest absolute Gasteiger partial charge is 0.140 e.